The van der Waals surface area contributed by atoms with Crippen LogP contribution < -0.4 is 20.1 Å². The number of ether oxygens (including phenoxy) is 2. The Hall–Kier alpha value is -1.55. The summed E-state index contributed by atoms with van der Waals surface area (Å²) in [5.74, 6) is 2.32. The van der Waals surface area contributed by atoms with E-state index in [0.29, 0.717) is 13.2 Å². The van der Waals surface area contributed by atoms with Gasteiger partial charge in [0.1, 0.15) is 0 Å². The molecule has 0 aliphatic heterocycles. The van der Waals surface area contributed by atoms with Crippen LogP contribution >= 0.6 is 35.3 Å². The number of nitrogens with one attached hydrogen (secondary N) is 2. The maximum atomic E-state index is 5.71. The summed E-state index contributed by atoms with van der Waals surface area (Å²) in [7, 11) is 1.66. The smallest absolute Gasteiger partial charge is 0.191 e. The van der Waals surface area contributed by atoms with Crippen molar-refractivity contribution in [1.29, 1.82) is 0 Å². The second-order valence-corrected chi connectivity index (χ2v) is 7.74. The Morgan fingerprint density at radius 1 is 1.17 bits per heavy atom. The van der Waals surface area contributed by atoms with Crippen molar-refractivity contribution in [2.75, 3.05) is 26.8 Å². The first-order chi connectivity index (χ1) is 13.6. The lowest BCUT2D eigenvalue weighted by Gasteiger charge is -2.12. The summed E-state index contributed by atoms with van der Waals surface area (Å²) >= 11 is 1.76. The van der Waals surface area contributed by atoms with E-state index in [9.17, 15) is 0 Å². The molecule has 0 bridgehead atoms. The van der Waals surface area contributed by atoms with Crippen molar-refractivity contribution in [3.63, 3.8) is 0 Å². The van der Waals surface area contributed by atoms with Crippen molar-refractivity contribution in [3.05, 3.63) is 39.3 Å². The van der Waals surface area contributed by atoms with Gasteiger partial charge in [0.15, 0.2) is 17.5 Å². The number of guanidine groups is 1. The fraction of sp³-hybridized carbons (Fsp3) is 0.524. The van der Waals surface area contributed by atoms with E-state index in [-0.39, 0.29) is 24.0 Å². The molecule has 0 fully saturated rings. The molecule has 6 nitrogen and oxygen atoms in total. The Kier molecular flexibility index (Phi) is 12.0. The maximum Gasteiger partial charge on any atom is 0.191 e. The number of aliphatic imine (C=N–C) groups is 1. The lowest BCUT2D eigenvalue weighted by atomic mass is 10.2. The maximum absolute atomic E-state index is 5.71. The molecule has 0 saturated heterocycles. The molecule has 0 atom stereocenters. The molecule has 29 heavy (non-hydrogen) atoms. The molecular formula is C21H33IN4O2S. The summed E-state index contributed by atoms with van der Waals surface area (Å²) in [6.07, 6.45) is 1.86. The molecule has 0 saturated carbocycles. The van der Waals surface area contributed by atoms with Gasteiger partial charge >= 0.3 is 0 Å². The van der Waals surface area contributed by atoms with Crippen LogP contribution in [0.3, 0.4) is 0 Å². The molecule has 1 heterocycles. The van der Waals surface area contributed by atoms with Gasteiger partial charge in [-0.3, -0.25) is 0 Å². The molecule has 0 unspecified atom stereocenters. The van der Waals surface area contributed by atoms with Crippen LogP contribution in [-0.2, 0) is 13.0 Å². The number of nitrogens with zero attached hydrogens (tertiary/aromatic N) is 2. The first kappa shape index (κ1) is 25.5. The van der Waals surface area contributed by atoms with Crippen molar-refractivity contribution >= 4 is 41.3 Å². The standard InChI is InChI=1S/C21H32N4O2S.HI/c1-6-12-27-18-9-8-17(13-19(18)26-5)14-24-21(22-7-2)23-11-10-20-25-15(3)16(4)28-20;/h8-9,13H,6-7,10-12,14H2,1-5H3,(H2,22,23,24);1H. The molecule has 0 aliphatic rings. The molecule has 2 N–H and O–H groups in total. The summed E-state index contributed by atoms with van der Waals surface area (Å²) < 4.78 is 11.2. The fourth-order valence-electron chi connectivity index (χ4n) is 2.59. The van der Waals surface area contributed by atoms with E-state index in [1.807, 2.05) is 18.2 Å². The Bertz CT molecular complexity index is 761. The van der Waals surface area contributed by atoms with Crippen molar-refractivity contribution in [1.82, 2.24) is 15.6 Å². The third-order valence-corrected chi connectivity index (χ3v) is 5.29. The fourth-order valence-corrected chi connectivity index (χ4v) is 3.52. The second kappa shape index (κ2) is 13.6. The van der Waals surface area contributed by atoms with Gasteiger partial charge in [0, 0.05) is 24.4 Å². The first-order valence-corrected chi connectivity index (χ1v) is 10.6. The van der Waals surface area contributed by atoms with Crippen LogP contribution in [-0.4, -0.2) is 37.7 Å². The number of halogens is 1. The van der Waals surface area contributed by atoms with Gasteiger partial charge in [-0.05, 0) is 44.9 Å². The predicted molar refractivity (Wildman–Crippen MR) is 132 cm³/mol. The Morgan fingerprint density at radius 2 is 1.97 bits per heavy atom. The second-order valence-electron chi connectivity index (χ2n) is 6.45. The largest absolute Gasteiger partial charge is 0.493 e. The van der Waals surface area contributed by atoms with E-state index in [2.05, 4.69) is 48.3 Å². The number of methoxy groups -OCH3 is 1. The lowest BCUT2D eigenvalue weighted by Crippen LogP contribution is -2.38. The number of aromatic nitrogens is 1. The molecule has 0 aliphatic carbocycles. The number of benzene rings is 1. The van der Waals surface area contributed by atoms with Gasteiger partial charge in [0.25, 0.3) is 0 Å². The van der Waals surface area contributed by atoms with Crippen molar-refractivity contribution in [2.24, 2.45) is 4.99 Å². The molecule has 2 aromatic rings. The van der Waals surface area contributed by atoms with Gasteiger partial charge in [-0.25, -0.2) is 9.98 Å². The molecular weight excluding hydrogens is 499 g/mol. The summed E-state index contributed by atoms with van der Waals surface area (Å²) in [5.41, 5.74) is 2.20. The number of thiazole rings is 1. The number of aryl methyl sites for hydroxylation is 2. The van der Waals surface area contributed by atoms with Gasteiger partial charge in [-0.15, -0.1) is 35.3 Å². The monoisotopic (exact) mass is 532 g/mol. The third kappa shape index (κ3) is 8.38. The highest BCUT2D eigenvalue weighted by Gasteiger charge is 2.07. The van der Waals surface area contributed by atoms with E-state index < -0.39 is 0 Å². The van der Waals surface area contributed by atoms with E-state index in [4.69, 9.17) is 9.47 Å². The summed E-state index contributed by atoms with van der Waals surface area (Å²) in [6.45, 7) is 11.2. The zero-order chi connectivity index (χ0) is 20.4. The third-order valence-electron chi connectivity index (χ3n) is 4.16. The minimum Gasteiger partial charge on any atom is -0.493 e. The summed E-state index contributed by atoms with van der Waals surface area (Å²) in [5, 5.41) is 7.83. The van der Waals surface area contributed by atoms with E-state index in [1.165, 1.54) is 4.88 Å². The van der Waals surface area contributed by atoms with Gasteiger partial charge in [-0.1, -0.05) is 13.0 Å². The van der Waals surface area contributed by atoms with Crippen LogP contribution in [0.2, 0.25) is 0 Å². The molecule has 0 spiro atoms. The van der Waals surface area contributed by atoms with E-state index in [1.54, 1.807) is 18.4 Å². The highest BCUT2D eigenvalue weighted by atomic mass is 127. The SMILES string of the molecule is CCCOc1ccc(CN=C(NCC)NCCc2nc(C)c(C)s2)cc1OC.I. The molecule has 0 amide bonds. The zero-order valence-electron chi connectivity index (χ0n) is 18.0. The molecule has 1 aromatic heterocycles. The zero-order valence-corrected chi connectivity index (χ0v) is 21.1. The van der Waals surface area contributed by atoms with E-state index >= 15 is 0 Å². The Labute approximate surface area is 195 Å². The van der Waals surface area contributed by atoms with Gasteiger partial charge in [-0.2, -0.15) is 0 Å². The average Bonchev–Trinajstić information content (AvgIpc) is 3.02. The highest BCUT2D eigenvalue weighted by Crippen LogP contribution is 2.28. The summed E-state index contributed by atoms with van der Waals surface area (Å²) in [4.78, 5) is 10.6. The number of hydrogen-bond acceptors (Lipinski definition) is 5. The first-order valence-electron chi connectivity index (χ1n) is 9.82. The Morgan fingerprint density at radius 3 is 2.59 bits per heavy atom. The van der Waals surface area contributed by atoms with Gasteiger partial charge in [0.05, 0.1) is 31.0 Å². The van der Waals surface area contributed by atoms with Crippen LogP contribution in [0.4, 0.5) is 0 Å². The topological polar surface area (TPSA) is 67.8 Å². The molecule has 162 valence electrons. The molecule has 1 aromatic carbocycles. The predicted octanol–water partition coefficient (Wildman–Crippen LogP) is 4.47. The average molecular weight is 532 g/mol. The van der Waals surface area contributed by atoms with Crippen molar-refractivity contribution in [2.45, 2.75) is 47.1 Å². The summed E-state index contributed by atoms with van der Waals surface area (Å²) in [6, 6.07) is 5.97. The highest BCUT2D eigenvalue weighted by molar-refractivity contribution is 14.0. The van der Waals surface area contributed by atoms with Crippen molar-refractivity contribution < 1.29 is 9.47 Å². The van der Waals surface area contributed by atoms with Crippen LogP contribution in [0.25, 0.3) is 0 Å². The number of hydrogen-bond donors (Lipinski definition) is 2. The number of rotatable bonds is 10. The van der Waals surface area contributed by atoms with E-state index in [0.717, 1.165) is 59.7 Å². The van der Waals surface area contributed by atoms with Crippen molar-refractivity contribution in [3.8, 4) is 11.5 Å². The molecule has 2 rings (SSSR count). The van der Waals surface area contributed by atoms with Crippen LogP contribution in [0.15, 0.2) is 23.2 Å². The van der Waals surface area contributed by atoms with Crippen LogP contribution in [0, 0.1) is 13.8 Å². The minimum absolute atomic E-state index is 0. The van der Waals surface area contributed by atoms with Gasteiger partial charge in [0.2, 0.25) is 0 Å². The quantitative estimate of drug-likeness (QED) is 0.269. The lowest BCUT2D eigenvalue weighted by molar-refractivity contribution is 0.294. The Balaban J connectivity index is 0.00000420. The normalized spacial score (nSPS) is 11.0. The molecule has 8 heteroatoms. The van der Waals surface area contributed by atoms with Gasteiger partial charge < -0.3 is 20.1 Å². The van der Waals surface area contributed by atoms with Crippen LogP contribution in [0.5, 0.6) is 11.5 Å². The molecule has 0 radical (unpaired) electrons. The van der Waals surface area contributed by atoms with Crippen LogP contribution in [0.1, 0.15) is 41.4 Å². The minimum atomic E-state index is 0.